The van der Waals surface area contributed by atoms with Gasteiger partial charge in [0, 0.05) is 39.4 Å². The lowest BCUT2D eigenvalue weighted by molar-refractivity contribution is -0.149. The maximum Gasteiger partial charge on any atom is 0.253 e. The van der Waals surface area contributed by atoms with Crippen LogP contribution < -0.4 is 5.32 Å². The van der Waals surface area contributed by atoms with Gasteiger partial charge in [0.05, 0.1) is 18.0 Å². The summed E-state index contributed by atoms with van der Waals surface area (Å²) < 4.78 is 7.51. The monoisotopic (exact) mass is 440 g/mol. The number of aryl methyl sites for hydroxylation is 1. The number of amides is 2. The molecule has 1 atom stereocenters. The highest BCUT2D eigenvalue weighted by Crippen LogP contribution is 2.31. The molecule has 1 saturated carbocycles. The molecule has 4 heterocycles. The molecular formula is C23H32N6O3. The second-order valence-electron chi connectivity index (χ2n) is 9.55. The Morgan fingerprint density at radius 2 is 1.94 bits per heavy atom. The number of imidazole rings is 1. The van der Waals surface area contributed by atoms with Crippen molar-refractivity contribution in [2.24, 2.45) is 18.9 Å². The number of morpholine rings is 1. The van der Waals surface area contributed by atoms with Gasteiger partial charge in [0.2, 0.25) is 5.91 Å². The molecule has 2 aromatic rings. The molecule has 5 rings (SSSR count). The molecule has 3 fully saturated rings. The summed E-state index contributed by atoms with van der Waals surface area (Å²) >= 11 is 0. The number of nitrogens with one attached hydrogen (secondary N) is 1. The van der Waals surface area contributed by atoms with Crippen LogP contribution in [-0.4, -0.2) is 88.1 Å². The molecule has 9 nitrogen and oxygen atoms in total. The first kappa shape index (κ1) is 21.3. The Labute approximate surface area is 188 Å². The molecule has 1 N–H and O–H groups in total. The summed E-state index contributed by atoms with van der Waals surface area (Å²) in [6.07, 6.45) is 8.15. The second kappa shape index (κ2) is 9.15. The fourth-order valence-corrected chi connectivity index (χ4v) is 4.76. The van der Waals surface area contributed by atoms with Gasteiger partial charge in [-0.1, -0.05) is 0 Å². The number of likely N-dealkylation sites (tertiary alicyclic amines) is 1. The van der Waals surface area contributed by atoms with E-state index in [0.29, 0.717) is 30.1 Å². The van der Waals surface area contributed by atoms with E-state index in [0.717, 1.165) is 44.0 Å². The predicted molar refractivity (Wildman–Crippen MR) is 119 cm³/mol. The van der Waals surface area contributed by atoms with Gasteiger partial charge < -0.3 is 24.4 Å². The topological polar surface area (TPSA) is 92.6 Å². The molecule has 0 bridgehead atoms. The number of carbonyl (C=O) groups is 2. The first-order valence-electron chi connectivity index (χ1n) is 11.7. The number of carbonyl (C=O) groups excluding carboxylic acids is 2. The summed E-state index contributed by atoms with van der Waals surface area (Å²) in [5.41, 5.74) is 1.90. The largest absolute Gasteiger partial charge is 0.365 e. The van der Waals surface area contributed by atoms with Gasteiger partial charge in [-0.2, -0.15) is 0 Å². The number of piperidine rings is 1. The van der Waals surface area contributed by atoms with Gasteiger partial charge in [-0.3, -0.25) is 9.59 Å². The van der Waals surface area contributed by atoms with E-state index in [1.807, 2.05) is 16.5 Å². The Hall–Kier alpha value is -2.52. The van der Waals surface area contributed by atoms with Gasteiger partial charge in [-0.15, -0.1) is 0 Å². The van der Waals surface area contributed by atoms with Crippen LogP contribution in [0.3, 0.4) is 0 Å². The molecule has 1 aliphatic carbocycles. The third-order valence-electron chi connectivity index (χ3n) is 6.92. The van der Waals surface area contributed by atoms with Crippen LogP contribution in [0.1, 0.15) is 36.0 Å². The van der Waals surface area contributed by atoms with E-state index < -0.39 is 0 Å². The zero-order valence-corrected chi connectivity index (χ0v) is 18.7. The van der Waals surface area contributed by atoms with Crippen LogP contribution in [0.25, 0.3) is 11.2 Å². The second-order valence-corrected chi connectivity index (χ2v) is 9.55. The lowest BCUT2D eigenvalue weighted by Crippen LogP contribution is -2.52. The molecule has 2 amide bonds. The van der Waals surface area contributed by atoms with Gasteiger partial charge in [0.15, 0.2) is 5.65 Å². The summed E-state index contributed by atoms with van der Waals surface area (Å²) in [7, 11) is 1.87. The molecule has 2 aliphatic heterocycles. The summed E-state index contributed by atoms with van der Waals surface area (Å²) in [6.45, 7) is 5.32. The third kappa shape index (κ3) is 4.94. The van der Waals surface area contributed by atoms with Gasteiger partial charge in [-0.25, -0.2) is 9.97 Å². The first-order chi connectivity index (χ1) is 15.5. The lowest BCUT2D eigenvalue weighted by atomic mass is 9.95. The zero-order chi connectivity index (χ0) is 22.1. The molecule has 0 radical (unpaired) electrons. The number of hydrogen-bond donors (Lipinski definition) is 1. The average Bonchev–Trinajstić information content (AvgIpc) is 3.55. The normalized spacial score (nSPS) is 23.1. The maximum absolute atomic E-state index is 12.6. The number of ether oxygens (including phenoxy) is 1. The highest BCUT2D eigenvalue weighted by molar-refractivity contribution is 5.96. The molecule has 0 aromatic carbocycles. The zero-order valence-electron chi connectivity index (χ0n) is 18.7. The maximum atomic E-state index is 12.6. The van der Waals surface area contributed by atoms with Crippen LogP contribution in [0.4, 0.5) is 0 Å². The molecule has 172 valence electrons. The fraction of sp³-hybridized carbons (Fsp3) is 0.652. The molecule has 2 aromatic heterocycles. The summed E-state index contributed by atoms with van der Waals surface area (Å²) in [4.78, 5) is 38.1. The van der Waals surface area contributed by atoms with E-state index in [9.17, 15) is 9.59 Å². The van der Waals surface area contributed by atoms with Crippen LogP contribution >= 0.6 is 0 Å². The summed E-state index contributed by atoms with van der Waals surface area (Å²) in [5, 5.41) is 2.93. The predicted octanol–water partition coefficient (Wildman–Crippen LogP) is 1.05. The molecule has 2 saturated heterocycles. The van der Waals surface area contributed by atoms with Crippen molar-refractivity contribution in [2.45, 2.75) is 31.8 Å². The van der Waals surface area contributed by atoms with Crippen molar-refractivity contribution in [1.29, 1.82) is 0 Å². The standard InChI is InChI=1S/C23H32N6O3/c1-27-15-26-20-8-18(9-24-22(20)27)23(31)25-10-19-13-29(21(30)14-32-19)12-17-4-6-28(7-5-17)11-16-2-3-16/h8-9,15-17,19H,2-7,10-14H2,1H3,(H,25,31). The lowest BCUT2D eigenvalue weighted by Gasteiger charge is -2.38. The van der Waals surface area contributed by atoms with E-state index in [4.69, 9.17) is 4.74 Å². The minimum atomic E-state index is -0.208. The van der Waals surface area contributed by atoms with E-state index in [-0.39, 0.29) is 24.5 Å². The summed E-state index contributed by atoms with van der Waals surface area (Å²) in [5.74, 6) is 1.34. The smallest absolute Gasteiger partial charge is 0.253 e. The minimum absolute atomic E-state index is 0.0535. The number of fused-ring (bicyclic) bond motifs is 1. The van der Waals surface area contributed by atoms with Gasteiger partial charge in [0.25, 0.3) is 5.91 Å². The molecule has 9 heteroatoms. The van der Waals surface area contributed by atoms with Crippen molar-refractivity contribution in [2.75, 3.05) is 45.9 Å². The molecule has 1 unspecified atom stereocenters. The Bertz CT molecular complexity index is 979. The Morgan fingerprint density at radius 1 is 1.16 bits per heavy atom. The fourth-order valence-electron chi connectivity index (χ4n) is 4.76. The van der Waals surface area contributed by atoms with Gasteiger partial charge in [0.1, 0.15) is 12.1 Å². The van der Waals surface area contributed by atoms with Gasteiger partial charge >= 0.3 is 0 Å². The van der Waals surface area contributed by atoms with Crippen molar-refractivity contribution in [3.63, 3.8) is 0 Å². The van der Waals surface area contributed by atoms with Crippen LogP contribution in [0, 0.1) is 11.8 Å². The highest BCUT2D eigenvalue weighted by atomic mass is 16.5. The molecule has 0 spiro atoms. The van der Waals surface area contributed by atoms with Crippen LogP contribution in [0.2, 0.25) is 0 Å². The van der Waals surface area contributed by atoms with E-state index in [1.54, 1.807) is 18.6 Å². The SMILES string of the molecule is Cn1cnc2cc(C(=O)NCC3CN(CC4CCN(CC5CC5)CC4)C(=O)CO3)cnc21. The van der Waals surface area contributed by atoms with Crippen molar-refractivity contribution < 1.29 is 14.3 Å². The highest BCUT2D eigenvalue weighted by Gasteiger charge is 2.31. The van der Waals surface area contributed by atoms with E-state index in [1.165, 1.54) is 19.4 Å². The molecule has 3 aliphatic rings. The van der Waals surface area contributed by atoms with Gasteiger partial charge in [-0.05, 0) is 56.7 Å². The Morgan fingerprint density at radius 3 is 2.72 bits per heavy atom. The van der Waals surface area contributed by atoms with E-state index >= 15 is 0 Å². The van der Waals surface area contributed by atoms with Crippen LogP contribution in [0.15, 0.2) is 18.6 Å². The van der Waals surface area contributed by atoms with Crippen LogP contribution in [0.5, 0.6) is 0 Å². The van der Waals surface area contributed by atoms with Crippen molar-refractivity contribution in [3.05, 3.63) is 24.2 Å². The summed E-state index contributed by atoms with van der Waals surface area (Å²) in [6, 6.07) is 1.74. The quantitative estimate of drug-likeness (QED) is 0.692. The Balaban J connectivity index is 1.10. The van der Waals surface area contributed by atoms with Crippen LogP contribution in [-0.2, 0) is 16.6 Å². The average molecular weight is 441 g/mol. The van der Waals surface area contributed by atoms with Crippen molar-refractivity contribution >= 4 is 23.0 Å². The number of pyridine rings is 1. The number of aromatic nitrogens is 3. The first-order valence-corrected chi connectivity index (χ1v) is 11.7. The minimum Gasteiger partial charge on any atom is -0.365 e. The molecular weight excluding hydrogens is 408 g/mol. The number of hydrogen-bond acceptors (Lipinski definition) is 6. The number of nitrogens with zero attached hydrogens (tertiary/aromatic N) is 5. The molecule has 32 heavy (non-hydrogen) atoms. The third-order valence-corrected chi connectivity index (χ3v) is 6.92. The van der Waals surface area contributed by atoms with Crippen molar-refractivity contribution in [3.8, 4) is 0 Å². The van der Waals surface area contributed by atoms with E-state index in [2.05, 4.69) is 20.2 Å². The Kier molecular flexibility index (Phi) is 6.10. The van der Waals surface area contributed by atoms with Crippen molar-refractivity contribution in [1.82, 2.24) is 29.7 Å². The number of rotatable bonds is 7.